The Morgan fingerprint density at radius 1 is 1.29 bits per heavy atom. The zero-order valence-corrected chi connectivity index (χ0v) is 15.7. The molecule has 1 atom stereocenters. The van der Waals surface area contributed by atoms with Gasteiger partial charge in [-0.05, 0) is 50.8 Å². The maximum absolute atomic E-state index is 10.0. The van der Waals surface area contributed by atoms with Crippen LogP contribution >= 0.6 is 0 Å². The summed E-state index contributed by atoms with van der Waals surface area (Å²) in [5, 5.41) is 10.0. The van der Waals surface area contributed by atoms with Crippen molar-refractivity contribution in [3.8, 4) is 11.5 Å². The number of quaternary nitrogens is 1. The highest BCUT2D eigenvalue weighted by Gasteiger charge is 2.34. The lowest BCUT2D eigenvalue weighted by molar-refractivity contribution is -0.871. The predicted molar refractivity (Wildman–Crippen MR) is 82.5 cm³/mol. The summed E-state index contributed by atoms with van der Waals surface area (Å²) < 4.78 is 7.27. The molecule has 0 fully saturated rings. The van der Waals surface area contributed by atoms with Crippen molar-refractivity contribution in [3.63, 3.8) is 0 Å². The van der Waals surface area contributed by atoms with E-state index < -0.39 is 0 Å². The van der Waals surface area contributed by atoms with Gasteiger partial charge < -0.3 is 31.3 Å². The largest absolute Gasteiger partial charge is 1.00 e. The minimum atomic E-state index is -0.0889. The number of phenolic OH excluding ortho intramolecular Hbond substituents is 1. The van der Waals surface area contributed by atoms with Gasteiger partial charge in [0.15, 0.2) is 0 Å². The molecule has 4 heteroatoms. The quantitative estimate of drug-likeness (QED) is 0.782. The molecule has 1 heterocycles. The van der Waals surface area contributed by atoms with Gasteiger partial charge in [0.2, 0.25) is 0 Å². The Kier molecular flexibility index (Phi) is 5.38. The fourth-order valence-electron chi connectivity index (χ4n) is 2.83. The molecule has 0 aromatic heterocycles. The molecule has 0 radical (unpaired) electrons. The molecule has 2 rings (SSSR count). The number of halogens is 1. The number of aryl methyl sites for hydroxylation is 1. The first-order valence-corrected chi connectivity index (χ1v) is 7.43. The van der Waals surface area contributed by atoms with Gasteiger partial charge in [-0.2, -0.15) is 0 Å². The Morgan fingerprint density at radius 2 is 1.90 bits per heavy atom. The maximum Gasteiger partial charge on any atom is 0.124 e. The molecule has 3 nitrogen and oxygen atoms in total. The van der Waals surface area contributed by atoms with Crippen LogP contribution in [-0.4, -0.2) is 42.9 Å². The summed E-state index contributed by atoms with van der Waals surface area (Å²) in [5.74, 6) is 1.38. The fraction of sp³-hybridized carbons (Fsp3) is 0.647. The van der Waals surface area contributed by atoms with Gasteiger partial charge in [0, 0.05) is 12.0 Å². The second-order valence-corrected chi connectivity index (χ2v) is 7.46. The molecule has 0 saturated carbocycles. The van der Waals surface area contributed by atoms with Crippen molar-refractivity contribution in [2.45, 2.75) is 45.6 Å². The first kappa shape index (κ1) is 18.3. The Morgan fingerprint density at radius 3 is 2.48 bits per heavy atom. The van der Waals surface area contributed by atoms with E-state index in [-0.39, 0.29) is 22.6 Å². The first-order chi connectivity index (χ1) is 9.11. The topological polar surface area (TPSA) is 29.5 Å². The lowest BCUT2D eigenvalue weighted by Gasteiger charge is -2.38. The standard InChI is InChI=1S/C17H27NO2.BrH/c1-12-11-15-14(13(2)16(12)19)7-8-17(3,20-15)9-10-18(4,5)6;/h11H,7-10H2,1-6H3;1H. The Bertz CT molecular complexity index is 523. The molecule has 1 aliphatic rings. The van der Waals surface area contributed by atoms with Gasteiger partial charge in [-0.25, -0.2) is 0 Å². The van der Waals surface area contributed by atoms with Crippen molar-refractivity contribution in [1.82, 2.24) is 0 Å². The Balaban J connectivity index is 0.00000220. The van der Waals surface area contributed by atoms with E-state index in [9.17, 15) is 5.11 Å². The highest BCUT2D eigenvalue weighted by Crippen LogP contribution is 2.41. The van der Waals surface area contributed by atoms with Crippen molar-refractivity contribution in [2.24, 2.45) is 0 Å². The zero-order chi connectivity index (χ0) is 15.1. The molecule has 0 saturated heterocycles. The number of ether oxygens (including phenoxy) is 1. The molecule has 1 aliphatic heterocycles. The number of nitrogens with zero attached hydrogens (tertiary/aromatic N) is 1. The van der Waals surface area contributed by atoms with Crippen molar-refractivity contribution >= 4 is 0 Å². The molecular formula is C17H28BrNO2. The van der Waals surface area contributed by atoms with E-state index in [1.807, 2.05) is 19.9 Å². The monoisotopic (exact) mass is 357 g/mol. The van der Waals surface area contributed by atoms with Crippen LogP contribution in [-0.2, 0) is 6.42 Å². The number of aromatic hydroxyl groups is 1. The molecule has 21 heavy (non-hydrogen) atoms. The summed E-state index contributed by atoms with van der Waals surface area (Å²) in [4.78, 5) is 0. The highest BCUT2D eigenvalue weighted by atomic mass is 79.9. The van der Waals surface area contributed by atoms with Crippen LogP contribution in [0.5, 0.6) is 11.5 Å². The molecule has 0 aliphatic carbocycles. The van der Waals surface area contributed by atoms with Crippen molar-refractivity contribution < 1.29 is 31.3 Å². The van der Waals surface area contributed by atoms with E-state index in [1.54, 1.807) is 0 Å². The number of hydrogen-bond donors (Lipinski definition) is 1. The average molecular weight is 358 g/mol. The molecule has 1 aromatic rings. The molecule has 1 N–H and O–H groups in total. The van der Waals surface area contributed by atoms with E-state index in [0.29, 0.717) is 5.75 Å². The van der Waals surface area contributed by atoms with Crippen LogP contribution in [0.25, 0.3) is 0 Å². The van der Waals surface area contributed by atoms with Crippen LogP contribution in [0.2, 0.25) is 0 Å². The van der Waals surface area contributed by atoms with E-state index in [4.69, 9.17) is 4.74 Å². The van der Waals surface area contributed by atoms with Crippen LogP contribution in [0.4, 0.5) is 0 Å². The number of fused-ring (bicyclic) bond motifs is 1. The number of hydrogen-bond acceptors (Lipinski definition) is 2. The van der Waals surface area contributed by atoms with Gasteiger partial charge in [0.25, 0.3) is 0 Å². The van der Waals surface area contributed by atoms with E-state index >= 15 is 0 Å². The van der Waals surface area contributed by atoms with Gasteiger partial charge >= 0.3 is 0 Å². The smallest absolute Gasteiger partial charge is 0.124 e. The first-order valence-electron chi connectivity index (χ1n) is 7.43. The molecule has 0 amide bonds. The van der Waals surface area contributed by atoms with Crippen molar-refractivity contribution in [1.29, 1.82) is 0 Å². The van der Waals surface area contributed by atoms with Crippen LogP contribution in [0.1, 0.15) is 36.5 Å². The van der Waals surface area contributed by atoms with Crippen molar-refractivity contribution in [3.05, 3.63) is 22.8 Å². The fourth-order valence-corrected chi connectivity index (χ4v) is 2.83. The maximum atomic E-state index is 10.0. The van der Waals surface area contributed by atoms with Gasteiger partial charge in [0.05, 0.1) is 27.7 Å². The zero-order valence-electron chi connectivity index (χ0n) is 14.1. The lowest BCUT2D eigenvalue weighted by atomic mass is 9.87. The van der Waals surface area contributed by atoms with Gasteiger partial charge in [-0.3, -0.25) is 0 Å². The minimum absolute atomic E-state index is 0. The number of benzene rings is 1. The number of phenols is 1. The summed E-state index contributed by atoms with van der Waals surface area (Å²) in [6.07, 6.45) is 3.06. The highest BCUT2D eigenvalue weighted by molar-refractivity contribution is 5.53. The third-order valence-electron chi connectivity index (χ3n) is 4.40. The molecule has 0 bridgehead atoms. The molecule has 1 aromatic carbocycles. The van der Waals surface area contributed by atoms with Gasteiger partial charge in [-0.15, -0.1) is 0 Å². The second-order valence-electron chi connectivity index (χ2n) is 7.46. The average Bonchev–Trinajstić information content (AvgIpc) is 2.33. The van der Waals surface area contributed by atoms with Crippen LogP contribution in [0.15, 0.2) is 6.07 Å². The Hall–Kier alpha value is -0.740. The van der Waals surface area contributed by atoms with Crippen LogP contribution in [0.3, 0.4) is 0 Å². The normalized spacial score (nSPS) is 21.2. The summed E-state index contributed by atoms with van der Waals surface area (Å²) in [7, 11) is 6.64. The summed E-state index contributed by atoms with van der Waals surface area (Å²) in [6, 6.07) is 1.99. The minimum Gasteiger partial charge on any atom is -1.00 e. The third-order valence-corrected chi connectivity index (χ3v) is 4.40. The molecule has 1 unspecified atom stereocenters. The lowest BCUT2D eigenvalue weighted by Crippen LogP contribution is -3.00. The predicted octanol–water partition coefficient (Wildman–Crippen LogP) is 0.193. The molecule has 0 spiro atoms. The Labute approximate surface area is 139 Å². The summed E-state index contributed by atoms with van der Waals surface area (Å²) >= 11 is 0. The van der Waals surface area contributed by atoms with E-state index in [0.717, 1.165) is 47.2 Å². The SMILES string of the molecule is Cc1cc2c(c(C)c1O)CCC(C)(CC[N+](C)(C)C)O2.[Br-]. The van der Waals surface area contributed by atoms with Gasteiger partial charge in [0.1, 0.15) is 17.1 Å². The molecular weight excluding hydrogens is 330 g/mol. The number of rotatable bonds is 3. The third kappa shape index (κ3) is 4.13. The van der Waals surface area contributed by atoms with Gasteiger partial charge in [-0.1, -0.05) is 0 Å². The van der Waals surface area contributed by atoms with Crippen molar-refractivity contribution in [2.75, 3.05) is 27.7 Å². The summed E-state index contributed by atoms with van der Waals surface area (Å²) in [5.41, 5.74) is 2.97. The van der Waals surface area contributed by atoms with Crippen LogP contribution < -0.4 is 21.7 Å². The summed E-state index contributed by atoms with van der Waals surface area (Å²) in [6.45, 7) is 7.23. The van der Waals surface area contributed by atoms with E-state index in [2.05, 4.69) is 28.1 Å². The van der Waals surface area contributed by atoms with E-state index in [1.165, 1.54) is 5.56 Å². The van der Waals surface area contributed by atoms with Crippen LogP contribution in [0, 0.1) is 13.8 Å². The second kappa shape index (κ2) is 6.17. The molecule has 120 valence electrons.